The second-order valence-corrected chi connectivity index (χ2v) is 21.8. The Labute approximate surface area is 477 Å². The fraction of sp³-hybridized carbons (Fsp3) is 0.448. The molecule has 12 rings (SSSR count). The molecule has 4 aliphatic heterocycles. The average molecular weight is 1150 g/mol. The summed E-state index contributed by atoms with van der Waals surface area (Å²) in [6, 6.07) is 16.9. The summed E-state index contributed by atoms with van der Waals surface area (Å²) in [6.45, 7) is 9.48. The first-order chi connectivity index (χ1) is 39.5. The third kappa shape index (κ3) is 12.5. The maximum Gasteiger partial charge on any atom is 0.496 e. The molecule has 438 valence electrons. The Morgan fingerprint density at radius 2 is 1.19 bits per heavy atom. The lowest BCUT2D eigenvalue weighted by Crippen LogP contribution is -2.47. The fourth-order valence-electron chi connectivity index (χ4n) is 11.8. The Morgan fingerprint density at radius 3 is 1.67 bits per heavy atom. The number of benzene rings is 4. The maximum atomic E-state index is 15.3. The van der Waals surface area contributed by atoms with Gasteiger partial charge in [-0.2, -0.15) is 0 Å². The molecule has 6 aromatic rings. The van der Waals surface area contributed by atoms with Crippen LogP contribution in [0.3, 0.4) is 0 Å². The van der Waals surface area contributed by atoms with Gasteiger partial charge in [0.25, 0.3) is 0 Å². The SMILES string of the molecule is C.CCC1OB(O)c2cc(OCCCN3CCN(c4cc5c(cc4F)c(=O)c(C(=O)O)cn5C4CC4)CC3)ccc21.O=C(O)c1cn(C2CC2)c2cc(N3CCN(CCCOc4cccc5c4B(O)OC5C[N+](=O)[O-])CC3)c(F)cc2c1=O. The van der Waals surface area contributed by atoms with Crippen LogP contribution in [0.5, 0.6) is 11.5 Å². The number of halogens is 2. The summed E-state index contributed by atoms with van der Waals surface area (Å²) in [7, 11) is -2.18. The van der Waals surface area contributed by atoms with Gasteiger partial charge in [-0.25, -0.2) is 18.4 Å². The summed E-state index contributed by atoms with van der Waals surface area (Å²) in [4.78, 5) is 67.7. The lowest BCUT2D eigenvalue weighted by atomic mass is 9.78. The molecule has 21 nitrogen and oxygen atoms in total. The number of hydrogen-bond donors (Lipinski definition) is 4. The van der Waals surface area contributed by atoms with Crippen molar-refractivity contribution in [2.24, 2.45) is 0 Å². The zero-order chi connectivity index (χ0) is 57.5. The Morgan fingerprint density at radius 1 is 0.687 bits per heavy atom. The summed E-state index contributed by atoms with van der Waals surface area (Å²) in [5.41, 5.74) is 2.78. The number of nitrogens with zero attached hydrogens (tertiary/aromatic N) is 7. The Bertz CT molecular complexity index is 3570. The topological polar surface area (TPSA) is 252 Å². The number of nitro groups is 1. The van der Waals surface area contributed by atoms with Crippen molar-refractivity contribution in [2.45, 2.75) is 83.6 Å². The number of aromatic carboxylic acids is 2. The van der Waals surface area contributed by atoms with Gasteiger partial charge in [-0.3, -0.25) is 29.5 Å². The number of carboxylic acids is 2. The van der Waals surface area contributed by atoms with Gasteiger partial charge in [-0.15, -0.1) is 0 Å². The highest BCUT2D eigenvalue weighted by Crippen LogP contribution is 2.40. The lowest BCUT2D eigenvalue weighted by Gasteiger charge is -2.36. The largest absolute Gasteiger partial charge is 0.496 e. The van der Waals surface area contributed by atoms with Crippen LogP contribution in [0, 0.1) is 21.7 Å². The Hall–Kier alpha value is -7.41. The maximum absolute atomic E-state index is 15.3. The second-order valence-electron chi connectivity index (χ2n) is 21.8. The molecule has 6 aliphatic rings. The molecule has 83 heavy (non-hydrogen) atoms. The molecule has 0 spiro atoms. The zero-order valence-corrected chi connectivity index (χ0v) is 45.3. The van der Waals surface area contributed by atoms with Crippen molar-refractivity contribution in [3.63, 3.8) is 0 Å². The molecule has 0 amide bonds. The number of pyridine rings is 2. The summed E-state index contributed by atoms with van der Waals surface area (Å²) >= 11 is 0. The van der Waals surface area contributed by atoms with Crippen LogP contribution < -0.4 is 41.1 Å². The Kier molecular flexibility index (Phi) is 17.6. The van der Waals surface area contributed by atoms with Crippen LogP contribution in [0.15, 0.2) is 82.6 Å². The molecule has 2 saturated heterocycles. The molecule has 4 N–H and O–H groups in total. The molecular formula is C58H67B2F2N7O14. The van der Waals surface area contributed by atoms with Crippen molar-refractivity contribution in [3.05, 3.63) is 138 Å². The van der Waals surface area contributed by atoms with Crippen molar-refractivity contribution >= 4 is 70.3 Å². The number of fused-ring (bicyclic) bond motifs is 4. The molecule has 4 fully saturated rings. The molecule has 0 bridgehead atoms. The van der Waals surface area contributed by atoms with Gasteiger partial charge in [0, 0.05) is 111 Å². The van der Waals surface area contributed by atoms with Crippen molar-refractivity contribution in [3.8, 4) is 11.5 Å². The molecule has 4 aromatic carbocycles. The number of carboxylic acid groups (broad SMARTS) is 2. The van der Waals surface area contributed by atoms with Gasteiger partial charge in [0.15, 0.2) is 0 Å². The number of anilines is 2. The normalized spacial score (nSPS) is 18.9. The van der Waals surface area contributed by atoms with E-state index >= 15 is 8.78 Å². The number of piperazine rings is 2. The number of carbonyl (C=O) groups is 2. The highest BCUT2D eigenvalue weighted by molar-refractivity contribution is 6.63. The van der Waals surface area contributed by atoms with Gasteiger partial charge in [0.1, 0.15) is 40.4 Å². The first-order valence-electron chi connectivity index (χ1n) is 28.0. The van der Waals surface area contributed by atoms with E-state index < -0.39 is 66.2 Å². The summed E-state index contributed by atoms with van der Waals surface area (Å²) in [5, 5.41) is 50.5. The van der Waals surface area contributed by atoms with Crippen LogP contribution in [0.2, 0.25) is 0 Å². The van der Waals surface area contributed by atoms with Crippen LogP contribution in [0.1, 0.15) is 115 Å². The lowest BCUT2D eigenvalue weighted by molar-refractivity contribution is -0.490. The second kappa shape index (κ2) is 24.8. The van der Waals surface area contributed by atoms with E-state index in [1.807, 2.05) is 39.5 Å². The van der Waals surface area contributed by atoms with Crippen LogP contribution in [-0.4, -0.2) is 155 Å². The van der Waals surface area contributed by atoms with Gasteiger partial charge in [-0.05, 0) is 104 Å². The third-order valence-electron chi connectivity index (χ3n) is 16.4. The highest BCUT2D eigenvalue weighted by Gasteiger charge is 2.41. The molecule has 25 heteroatoms. The van der Waals surface area contributed by atoms with Crippen LogP contribution in [0.25, 0.3) is 21.8 Å². The minimum atomic E-state index is -1.32. The standard InChI is InChI=1S/C29H33BFN3O6.C28H30BFN4O8.CH4/c1-2-27-20-7-6-19(14-23(20)30(38)40-27)39-13-3-8-32-9-11-33(12-10-32)26-16-25-21(15-24(26)31)28(35)22(29(36)37)17-34(25)18-4-5-18;30-21-13-19-22(33(17-5-6-17)15-20(27(19)35)28(36)37)14-23(21)32-10-8-31(9-11-32)7-2-12-41-24-4-1-3-18-25(16-34(39)40)42-29(38)26(18)24;/h6-7,14-18,27,38H,2-5,8-13H2,1H3,(H,36,37);1,3-4,13-15,17,25,38H,2,5-12,16H2,(H,36,37);1H4. The van der Waals surface area contributed by atoms with E-state index in [1.165, 1.54) is 24.5 Å². The van der Waals surface area contributed by atoms with Gasteiger partial charge in [-0.1, -0.05) is 32.5 Å². The molecule has 2 unspecified atom stereocenters. The summed E-state index contributed by atoms with van der Waals surface area (Å²) in [6.07, 6.45) is 7.82. The molecule has 2 aromatic heterocycles. The fourth-order valence-corrected chi connectivity index (χ4v) is 11.8. The number of rotatable bonds is 19. The van der Waals surface area contributed by atoms with E-state index in [0.717, 1.165) is 81.5 Å². The quantitative estimate of drug-likeness (QED) is 0.0344. The van der Waals surface area contributed by atoms with Gasteiger partial charge in [0.05, 0.1) is 41.7 Å². The van der Waals surface area contributed by atoms with Gasteiger partial charge < -0.3 is 58.0 Å². The molecule has 2 atom stereocenters. The smallest absolute Gasteiger partial charge is 0.494 e. The first kappa shape index (κ1) is 58.8. The molecule has 2 saturated carbocycles. The average Bonchev–Trinajstić information content (AvgIpc) is 2.70. The number of hydrogen-bond acceptors (Lipinski definition) is 16. The minimum absolute atomic E-state index is 0. The molecular weight excluding hydrogens is 1080 g/mol. The van der Waals surface area contributed by atoms with Crippen LogP contribution >= 0.6 is 0 Å². The van der Waals surface area contributed by atoms with E-state index in [9.17, 15) is 49.6 Å². The van der Waals surface area contributed by atoms with E-state index in [2.05, 4.69) is 9.80 Å². The summed E-state index contributed by atoms with van der Waals surface area (Å²) in [5.74, 6) is -2.50. The van der Waals surface area contributed by atoms with Crippen LogP contribution in [-0.2, 0) is 9.31 Å². The van der Waals surface area contributed by atoms with E-state index in [-0.39, 0.29) is 47.5 Å². The number of aromatic nitrogens is 2. The molecule has 0 radical (unpaired) electrons. The van der Waals surface area contributed by atoms with Crippen molar-refractivity contribution in [1.82, 2.24) is 18.9 Å². The first-order valence-corrected chi connectivity index (χ1v) is 28.0. The van der Waals surface area contributed by atoms with Crippen LogP contribution in [0.4, 0.5) is 20.2 Å². The highest BCUT2D eigenvalue weighted by atomic mass is 19.1. The van der Waals surface area contributed by atoms with Crippen molar-refractivity contribution < 1.29 is 62.3 Å². The monoisotopic (exact) mass is 1150 g/mol. The molecule has 2 aliphatic carbocycles. The van der Waals surface area contributed by atoms with E-state index in [0.29, 0.717) is 98.1 Å². The van der Waals surface area contributed by atoms with Crippen molar-refractivity contribution in [1.29, 1.82) is 0 Å². The summed E-state index contributed by atoms with van der Waals surface area (Å²) < 4.78 is 56.9. The predicted molar refractivity (Wildman–Crippen MR) is 309 cm³/mol. The van der Waals surface area contributed by atoms with Crippen molar-refractivity contribution in [2.75, 3.05) is 95.0 Å². The predicted octanol–water partition coefficient (Wildman–Crippen LogP) is 5.37. The number of ether oxygens (including phenoxy) is 2. The van der Waals surface area contributed by atoms with Gasteiger partial charge in [0.2, 0.25) is 17.4 Å². The van der Waals surface area contributed by atoms with E-state index in [4.69, 9.17) is 18.8 Å². The molecule has 6 heterocycles. The minimum Gasteiger partial charge on any atom is -0.494 e. The van der Waals surface area contributed by atoms with E-state index in [1.54, 1.807) is 34.9 Å². The zero-order valence-electron chi connectivity index (χ0n) is 45.3. The van der Waals surface area contributed by atoms with Gasteiger partial charge >= 0.3 is 26.2 Å². The Balaban J connectivity index is 0.000000183. The third-order valence-corrected chi connectivity index (χ3v) is 16.4.